The molecule has 0 spiro atoms. The van der Waals surface area contributed by atoms with Crippen molar-refractivity contribution >= 4 is 12.0 Å². The SMILES string of the molecule is [2H]C([2H])C(C)(C)C(NC(=O)O)C(=O)NCc1cc(-c2ccc(C(F)(F)F)nc2)ncn1. The van der Waals surface area contributed by atoms with E-state index in [1.807, 2.05) is 5.32 Å². The van der Waals surface area contributed by atoms with Gasteiger partial charge in [-0.1, -0.05) is 20.7 Å². The number of pyridine rings is 1. The van der Waals surface area contributed by atoms with Gasteiger partial charge in [0.05, 0.1) is 17.9 Å². The van der Waals surface area contributed by atoms with Crippen LogP contribution in [0, 0.1) is 5.41 Å². The molecule has 0 radical (unpaired) electrons. The second-order valence-electron chi connectivity index (χ2n) is 6.75. The molecule has 0 fully saturated rings. The van der Waals surface area contributed by atoms with Crippen LogP contribution in [0.15, 0.2) is 30.7 Å². The number of hydrogen-bond acceptors (Lipinski definition) is 5. The molecule has 0 saturated carbocycles. The largest absolute Gasteiger partial charge is 0.465 e. The number of nitrogens with zero attached hydrogens (tertiary/aromatic N) is 3. The Labute approximate surface area is 167 Å². The first-order chi connectivity index (χ1) is 14.3. The zero-order chi connectivity index (χ0) is 23.4. The van der Waals surface area contributed by atoms with E-state index in [1.54, 1.807) is 0 Å². The summed E-state index contributed by atoms with van der Waals surface area (Å²) in [6.45, 7) is 1.20. The van der Waals surface area contributed by atoms with Crippen LogP contribution >= 0.6 is 0 Å². The van der Waals surface area contributed by atoms with Gasteiger partial charge >= 0.3 is 12.3 Å². The van der Waals surface area contributed by atoms with Crippen LogP contribution in [0.5, 0.6) is 0 Å². The van der Waals surface area contributed by atoms with Gasteiger partial charge in [0.15, 0.2) is 0 Å². The van der Waals surface area contributed by atoms with Gasteiger partial charge in [-0.3, -0.25) is 9.78 Å². The molecule has 2 rings (SSSR count). The van der Waals surface area contributed by atoms with Crippen molar-refractivity contribution in [3.63, 3.8) is 0 Å². The number of carboxylic acid groups (broad SMARTS) is 1. The lowest BCUT2D eigenvalue weighted by Gasteiger charge is -2.29. The van der Waals surface area contributed by atoms with Gasteiger partial charge in [0, 0.05) is 14.5 Å². The molecule has 29 heavy (non-hydrogen) atoms. The number of halogens is 3. The Morgan fingerprint density at radius 3 is 2.52 bits per heavy atom. The van der Waals surface area contributed by atoms with Crippen LogP contribution in [0.1, 0.15) is 34.9 Å². The number of carbonyl (C=O) groups excluding carboxylic acids is 1. The summed E-state index contributed by atoms with van der Waals surface area (Å²) in [7, 11) is 0. The van der Waals surface area contributed by atoms with E-state index in [1.165, 1.54) is 26.0 Å². The third-order valence-electron chi connectivity index (χ3n) is 3.79. The van der Waals surface area contributed by atoms with Crippen molar-refractivity contribution in [3.8, 4) is 11.3 Å². The highest BCUT2D eigenvalue weighted by Gasteiger charge is 2.33. The molecule has 2 heterocycles. The lowest BCUT2D eigenvalue weighted by molar-refractivity contribution is -0.141. The highest BCUT2D eigenvalue weighted by Crippen LogP contribution is 2.28. The molecule has 8 nitrogen and oxygen atoms in total. The fourth-order valence-corrected chi connectivity index (χ4v) is 2.36. The molecule has 0 saturated heterocycles. The second kappa shape index (κ2) is 8.41. The van der Waals surface area contributed by atoms with Crippen molar-refractivity contribution in [1.82, 2.24) is 25.6 Å². The van der Waals surface area contributed by atoms with Crippen LogP contribution in [0.4, 0.5) is 18.0 Å². The van der Waals surface area contributed by atoms with Crippen molar-refractivity contribution in [3.05, 3.63) is 42.1 Å². The van der Waals surface area contributed by atoms with E-state index in [-0.39, 0.29) is 12.2 Å². The van der Waals surface area contributed by atoms with Gasteiger partial charge < -0.3 is 15.7 Å². The molecule has 2 aromatic heterocycles. The minimum Gasteiger partial charge on any atom is -0.465 e. The van der Waals surface area contributed by atoms with Crippen molar-refractivity contribution in [2.24, 2.45) is 5.41 Å². The van der Waals surface area contributed by atoms with Crippen LogP contribution in [0.3, 0.4) is 0 Å². The molecule has 3 N–H and O–H groups in total. The van der Waals surface area contributed by atoms with Gasteiger partial charge in [0.1, 0.15) is 18.1 Å². The van der Waals surface area contributed by atoms with E-state index in [9.17, 15) is 22.8 Å². The monoisotopic (exact) mass is 413 g/mol. The Morgan fingerprint density at radius 1 is 1.24 bits per heavy atom. The predicted molar refractivity (Wildman–Crippen MR) is 96.5 cm³/mol. The summed E-state index contributed by atoms with van der Waals surface area (Å²) in [5, 5.41) is 13.5. The first-order valence-electron chi connectivity index (χ1n) is 9.44. The molecule has 0 aromatic carbocycles. The zero-order valence-corrected chi connectivity index (χ0v) is 15.5. The minimum absolute atomic E-state index is 0.142. The summed E-state index contributed by atoms with van der Waals surface area (Å²) < 4.78 is 53.1. The van der Waals surface area contributed by atoms with Crippen molar-refractivity contribution in [2.75, 3.05) is 0 Å². The van der Waals surface area contributed by atoms with E-state index in [4.69, 9.17) is 7.85 Å². The number of amides is 2. The van der Waals surface area contributed by atoms with E-state index >= 15 is 0 Å². The first-order valence-corrected chi connectivity index (χ1v) is 8.28. The molecule has 0 aliphatic heterocycles. The van der Waals surface area contributed by atoms with Gasteiger partial charge in [-0.05, 0) is 23.6 Å². The summed E-state index contributed by atoms with van der Waals surface area (Å²) in [5.74, 6) is -0.756. The maximum absolute atomic E-state index is 12.6. The quantitative estimate of drug-likeness (QED) is 0.694. The third kappa shape index (κ3) is 6.13. The highest BCUT2D eigenvalue weighted by atomic mass is 19.4. The van der Waals surface area contributed by atoms with Crippen molar-refractivity contribution in [1.29, 1.82) is 0 Å². The van der Waals surface area contributed by atoms with Crippen LogP contribution in [0.25, 0.3) is 11.3 Å². The Hall–Kier alpha value is -3.24. The normalized spacial score (nSPS) is 14.0. The minimum atomic E-state index is -4.56. The number of nitrogens with one attached hydrogen (secondary N) is 2. The summed E-state index contributed by atoms with van der Waals surface area (Å²) in [4.78, 5) is 34.9. The van der Waals surface area contributed by atoms with Crippen LogP contribution in [-0.4, -0.2) is 38.1 Å². The highest BCUT2D eigenvalue weighted by molar-refractivity contribution is 5.86. The molecular formula is C18H20F3N5O3. The Morgan fingerprint density at radius 2 is 1.97 bits per heavy atom. The number of carbonyl (C=O) groups is 2. The molecule has 1 atom stereocenters. The van der Waals surface area contributed by atoms with Crippen molar-refractivity contribution < 1.29 is 30.6 Å². The molecule has 2 amide bonds. The summed E-state index contributed by atoms with van der Waals surface area (Å²) >= 11 is 0. The third-order valence-corrected chi connectivity index (χ3v) is 3.79. The Kier molecular flexibility index (Phi) is 5.54. The van der Waals surface area contributed by atoms with Crippen LogP contribution in [0.2, 0.25) is 0 Å². The lowest BCUT2D eigenvalue weighted by atomic mass is 9.86. The predicted octanol–water partition coefficient (Wildman–Crippen LogP) is 2.86. The molecule has 1 unspecified atom stereocenters. The number of aromatic nitrogens is 3. The van der Waals surface area contributed by atoms with Crippen LogP contribution < -0.4 is 10.6 Å². The van der Waals surface area contributed by atoms with E-state index in [0.717, 1.165) is 18.6 Å². The summed E-state index contributed by atoms with van der Waals surface area (Å²) in [5.41, 5.74) is -1.48. The van der Waals surface area contributed by atoms with E-state index in [0.29, 0.717) is 11.3 Å². The average Bonchev–Trinajstić information content (AvgIpc) is 2.69. The first kappa shape index (κ1) is 19.1. The Bertz CT molecular complexity index is 940. The fourth-order valence-electron chi connectivity index (χ4n) is 2.36. The second-order valence-corrected chi connectivity index (χ2v) is 6.75. The zero-order valence-electron chi connectivity index (χ0n) is 17.5. The van der Waals surface area contributed by atoms with Gasteiger partial charge in [-0.2, -0.15) is 13.2 Å². The van der Waals surface area contributed by atoms with Crippen LogP contribution in [-0.2, 0) is 17.5 Å². The lowest BCUT2D eigenvalue weighted by Crippen LogP contribution is -2.53. The van der Waals surface area contributed by atoms with Gasteiger partial charge in [-0.25, -0.2) is 14.8 Å². The van der Waals surface area contributed by atoms with Gasteiger partial charge in [-0.15, -0.1) is 0 Å². The van der Waals surface area contributed by atoms with E-state index < -0.39 is 42.2 Å². The van der Waals surface area contributed by atoms with Gasteiger partial charge in [0.25, 0.3) is 0 Å². The molecular weight excluding hydrogens is 391 g/mol. The molecule has 156 valence electrons. The molecule has 0 bridgehead atoms. The molecule has 0 aliphatic rings. The number of alkyl halides is 3. The summed E-state index contributed by atoms with van der Waals surface area (Å²) in [6.07, 6.45) is -3.86. The van der Waals surface area contributed by atoms with Crippen molar-refractivity contribution in [2.45, 2.75) is 39.5 Å². The molecule has 2 aromatic rings. The summed E-state index contributed by atoms with van der Waals surface area (Å²) in [6, 6.07) is 2.10. The van der Waals surface area contributed by atoms with E-state index in [2.05, 4.69) is 20.3 Å². The molecule has 0 aliphatic carbocycles. The molecule has 11 heteroatoms. The average molecular weight is 413 g/mol. The number of rotatable bonds is 5. The maximum atomic E-state index is 12.6. The standard InChI is InChI=1S/C18H20F3N5O3/c1-17(2,3)14(26-16(28)29)15(27)23-8-11-6-12(25-9-24-11)10-4-5-13(22-7-10)18(19,20)21/h4-7,9,14,26H,8H2,1-3H3,(H,23,27)(H,28,29)/i1D2. The maximum Gasteiger partial charge on any atom is 0.433 e. The fraction of sp³-hybridized carbons (Fsp3) is 0.389. The Balaban J connectivity index is 2.15. The smallest absolute Gasteiger partial charge is 0.433 e. The van der Waals surface area contributed by atoms with Gasteiger partial charge in [0.2, 0.25) is 5.91 Å². The topological polar surface area (TPSA) is 117 Å². The number of hydrogen-bond donors (Lipinski definition) is 3.